The molecule has 1 aliphatic rings. The molecule has 0 radical (unpaired) electrons. The van der Waals surface area contributed by atoms with Gasteiger partial charge in [-0.25, -0.2) is 14.8 Å². The zero-order valence-electron chi connectivity index (χ0n) is 13.6. The molecule has 0 bridgehead atoms. The third-order valence-electron chi connectivity index (χ3n) is 3.97. The molecule has 0 saturated carbocycles. The molecule has 2 N–H and O–H groups in total. The largest absolute Gasteiger partial charge is 0.325 e. The number of rotatable bonds is 2. The second kappa shape index (κ2) is 5.73. The molecule has 7 heteroatoms. The summed E-state index contributed by atoms with van der Waals surface area (Å²) < 4.78 is 0. The summed E-state index contributed by atoms with van der Waals surface area (Å²) in [7, 11) is 0. The zero-order chi connectivity index (χ0) is 16.6. The van der Waals surface area contributed by atoms with Gasteiger partial charge in [0.15, 0.2) is 0 Å². The van der Waals surface area contributed by atoms with Gasteiger partial charge in [0, 0.05) is 60.7 Å². The monoisotopic (exact) mass is 315 g/mol. The molecular formula is C16H21N5O2. The molecule has 7 nitrogen and oxygen atoms in total. The molecule has 23 heavy (non-hydrogen) atoms. The van der Waals surface area contributed by atoms with E-state index in [0.29, 0.717) is 18.7 Å². The van der Waals surface area contributed by atoms with Crippen LogP contribution in [0.5, 0.6) is 0 Å². The minimum absolute atomic E-state index is 0.0601. The molecular weight excluding hydrogens is 294 g/mol. The van der Waals surface area contributed by atoms with Crippen molar-refractivity contribution in [3.63, 3.8) is 0 Å². The van der Waals surface area contributed by atoms with E-state index in [2.05, 4.69) is 40.6 Å². The highest BCUT2D eigenvalue weighted by Gasteiger charge is 2.23. The molecule has 0 aliphatic carbocycles. The molecule has 1 aliphatic heterocycles. The van der Waals surface area contributed by atoms with E-state index in [9.17, 15) is 9.59 Å². The van der Waals surface area contributed by atoms with Gasteiger partial charge >= 0.3 is 5.69 Å². The normalized spacial score (nSPS) is 15.4. The molecule has 122 valence electrons. The maximum Gasteiger partial charge on any atom is 0.325 e. The summed E-state index contributed by atoms with van der Waals surface area (Å²) in [6.45, 7) is 8.34. The van der Waals surface area contributed by atoms with Crippen LogP contribution in [0.3, 0.4) is 0 Å². The molecule has 0 spiro atoms. The van der Waals surface area contributed by atoms with Gasteiger partial charge in [0.1, 0.15) is 5.82 Å². The van der Waals surface area contributed by atoms with Crippen LogP contribution in [-0.4, -0.2) is 31.4 Å². The van der Waals surface area contributed by atoms with E-state index < -0.39 is 5.69 Å². The maximum atomic E-state index is 11.8. The number of H-pyrrole nitrogens is 2. The van der Waals surface area contributed by atoms with Gasteiger partial charge in [0.2, 0.25) is 0 Å². The predicted molar refractivity (Wildman–Crippen MR) is 86.2 cm³/mol. The lowest BCUT2D eigenvalue weighted by molar-refractivity contribution is 0.240. The summed E-state index contributed by atoms with van der Waals surface area (Å²) in [6.07, 6.45) is 4.21. The van der Waals surface area contributed by atoms with Gasteiger partial charge in [-0.2, -0.15) is 0 Å². The van der Waals surface area contributed by atoms with Crippen LogP contribution in [0.25, 0.3) is 0 Å². The Morgan fingerprint density at radius 3 is 2.78 bits per heavy atom. The smallest absolute Gasteiger partial charge is 0.314 e. The highest BCUT2D eigenvalue weighted by molar-refractivity contribution is 5.22. The number of nitrogens with one attached hydrogen (secondary N) is 2. The summed E-state index contributed by atoms with van der Waals surface area (Å²) in [5.74, 6) is 0.863. The van der Waals surface area contributed by atoms with Crippen LogP contribution in [0.1, 0.15) is 43.4 Å². The minimum Gasteiger partial charge on any atom is -0.314 e. The average molecular weight is 315 g/mol. The minimum atomic E-state index is -0.481. The maximum absolute atomic E-state index is 11.8. The second-order valence-electron chi connectivity index (χ2n) is 6.97. The fourth-order valence-corrected chi connectivity index (χ4v) is 2.67. The highest BCUT2D eigenvalue weighted by Crippen LogP contribution is 2.22. The van der Waals surface area contributed by atoms with E-state index in [4.69, 9.17) is 4.98 Å². The number of hydrogen-bond acceptors (Lipinski definition) is 5. The van der Waals surface area contributed by atoms with Crippen LogP contribution < -0.4 is 11.2 Å². The van der Waals surface area contributed by atoms with Gasteiger partial charge in [-0.3, -0.25) is 14.7 Å². The second-order valence-corrected chi connectivity index (χ2v) is 6.97. The van der Waals surface area contributed by atoms with Gasteiger partial charge in [0.25, 0.3) is 5.56 Å². The first-order chi connectivity index (χ1) is 10.8. The first-order valence-corrected chi connectivity index (χ1v) is 7.71. The molecule has 2 aromatic heterocycles. The van der Waals surface area contributed by atoms with Crippen LogP contribution in [0.2, 0.25) is 0 Å². The van der Waals surface area contributed by atoms with Crippen molar-refractivity contribution in [1.82, 2.24) is 24.8 Å². The van der Waals surface area contributed by atoms with Crippen molar-refractivity contribution < 1.29 is 0 Å². The highest BCUT2D eigenvalue weighted by atomic mass is 16.2. The molecule has 0 fully saturated rings. The summed E-state index contributed by atoms with van der Waals surface area (Å²) >= 11 is 0. The van der Waals surface area contributed by atoms with Crippen molar-refractivity contribution in [3.05, 3.63) is 55.9 Å². The molecule has 0 atom stereocenters. The Morgan fingerprint density at radius 1 is 1.30 bits per heavy atom. The molecule has 0 unspecified atom stereocenters. The van der Waals surface area contributed by atoms with Gasteiger partial charge in [-0.15, -0.1) is 0 Å². The molecule has 0 saturated heterocycles. The van der Waals surface area contributed by atoms with Gasteiger partial charge in [0.05, 0.1) is 0 Å². The van der Waals surface area contributed by atoms with E-state index in [0.717, 1.165) is 30.0 Å². The Bertz CT molecular complexity index is 831. The van der Waals surface area contributed by atoms with Gasteiger partial charge < -0.3 is 4.98 Å². The average Bonchev–Trinajstić information content (AvgIpc) is 2.48. The van der Waals surface area contributed by atoms with Crippen LogP contribution in [-0.2, 0) is 24.9 Å². The van der Waals surface area contributed by atoms with E-state index in [1.165, 1.54) is 6.20 Å². The van der Waals surface area contributed by atoms with Crippen molar-refractivity contribution in [1.29, 1.82) is 0 Å². The standard InChI is InChI=1S/C16H21N5O2/c1-16(2,3)14-17-6-10-8-21(5-4-12(10)19-14)9-11-7-18-15(23)20-13(11)22/h6-7H,4-5,8-9H2,1-3H3,(H2,18,20,22,23). The lowest BCUT2D eigenvalue weighted by Gasteiger charge is -2.28. The Hall–Kier alpha value is -2.28. The van der Waals surface area contributed by atoms with Crippen molar-refractivity contribution in [2.75, 3.05) is 6.54 Å². The third-order valence-corrected chi connectivity index (χ3v) is 3.97. The SMILES string of the molecule is CC(C)(C)c1ncc2c(n1)CCN(Cc1c[nH]c(=O)[nH]c1=O)C2. The summed E-state index contributed by atoms with van der Waals surface area (Å²) in [4.78, 5) is 39.0. The Morgan fingerprint density at radius 2 is 2.09 bits per heavy atom. The van der Waals surface area contributed by atoms with Crippen LogP contribution >= 0.6 is 0 Å². The third kappa shape index (κ3) is 3.39. The molecule has 0 aromatic carbocycles. The van der Waals surface area contributed by atoms with Crippen molar-refractivity contribution >= 4 is 0 Å². The first-order valence-electron chi connectivity index (χ1n) is 7.71. The fourth-order valence-electron chi connectivity index (χ4n) is 2.67. The Balaban J connectivity index is 1.78. The summed E-state index contributed by atoms with van der Waals surface area (Å²) in [5, 5.41) is 0. The zero-order valence-corrected chi connectivity index (χ0v) is 13.6. The Kier molecular flexibility index (Phi) is 3.89. The lowest BCUT2D eigenvalue weighted by Crippen LogP contribution is -2.35. The number of aromatic nitrogens is 4. The predicted octanol–water partition coefficient (Wildman–Crippen LogP) is 0.709. The van der Waals surface area contributed by atoms with Gasteiger partial charge in [-0.1, -0.05) is 20.8 Å². The van der Waals surface area contributed by atoms with Crippen LogP contribution in [0.15, 0.2) is 22.0 Å². The summed E-state index contributed by atoms with van der Waals surface area (Å²) in [5.41, 5.74) is 1.88. The van der Waals surface area contributed by atoms with Crippen molar-refractivity contribution in [3.8, 4) is 0 Å². The number of hydrogen-bond donors (Lipinski definition) is 2. The van der Waals surface area contributed by atoms with E-state index in [1.807, 2.05) is 6.20 Å². The topological polar surface area (TPSA) is 94.7 Å². The van der Waals surface area contributed by atoms with Gasteiger partial charge in [-0.05, 0) is 0 Å². The molecule has 2 aromatic rings. The molecule has 3 rings (SSSR count). The number of aromatic amines is 2. The molecule has 3 heterocycles. The number of fused-ring (bicyclic) bond motifs is 1. The first kappa shape index (κ1) is 15.6. The summed E-state index contributed by atoms with van der Waals surface area (Å²) in [6, 6.07) is 0. The van der Waals surface area contributed by atoms with Crippen molar-refractivity contribution in [2.45, 2.75) is 45.7 Å². The fraction of sp³-hybridized carbons (Fsp3) is 0.500. The quantitative estimate of drug-likeness (QED) is 0.851. The Labute approximate surface area is 133 Å². The molecule has 0 amide bonds. The lowest BCUT2D eigenvalue weighted by atomic mass is 9.95. The van der Waals surface area contributed by atoms with Crippen molar-refractivity contribution in [2.24, 2.45) is 0 Å². The van der Waals surface area contributed by atoms with E-state index in [1.54, 1.807) is 0 Å². The van der Waals surface area contributed by atoms with E-state index in [-0.39, 0.29) is 11.0 Å². The van der Waals surface area contributed by atoms with Crippen LogP contribution in [0.4, 0.5) is 0 Å². The number of nitrogens with zero attached hydrogens (tertiary/aromatic N) is 3. The van der Waals surface area contributed by atoms with Crippen LogP contribution in [0, 0.1) is 0 Å². The van der Waals surface area contributed by atoms with E-state index >= 15 is 0 Å².